The first-order chi connectivity index (χ1) is 14.1. The van der Waals surface area contributed by atoms with Crippen LogP contribution in [0.15, 0.2) is 53.5 Å². The summed E-state index contributed by atoms with van der Waals surface area (Å²) in [7, 11) is 0. The summed E-state index contributed by atoms with van der Waals surface area (Å²) in [5.41, 5.74) is 0.888. The molecule has 1 aliphatic carbocycles. The first-order valence-electron chi connectivity index (χ1n) is 10.9. The Morgan fingerprint density at radius 2 is 1.60 bits per heavy atom. The van der Waals surface area contributed by atoms with E-state index in [1.54, 1.807) is 22.9 Å². The summed E-state index contributed by atoms with van der Waals surface area (Å²) in [5, 5.41) is 11.1. The SMILES string of the molecule is CC(C)(C)c1ccc(N2CC[C@]3(CC[C@@](O)(Cn4ccccc4=O)CC3)C2=O)cc1. The maximum absolute atomic E-state index is 13.4. The van der Waals surface area contributed by atoms with Crippen LogP contribution in [0.4, 0.5) is 5.69 Å². The van der Waals surface area contributed by atoms with Crippen LogP contribution < -0.4 is 10.5 Å². The van der Waals surface area contributed by atoms with Crippen LogP contribution in [0.5, 0.6) is 0 Å². The Balaban J connectivity index is 1.45. The molecular weight excluding hydrogens is 376 g/mol. The summed E-state index contributed by atoms with van der Waals surface area (Å²) in [5.74, 6) is 0.185. The monoisotopic (exact) mass is 408 g/mol. The number of hydrogen-bond acceptors (Lipinski definition) is 3. The van der Waals surface area contributed by atoms with Crippen LogP contribution in [0, 0.1) is 5.41 Å². The number of amides is 1. The number of anilines is 1. The first kappa shape index (κ1) is 20.9. The van der Waals surface area contributed by atoms with Gasteiger partial charge in [-0.1, -0.05) is 39.0 Å². The highest BCUT2D eigenvalue weighted by atomic mass is 16.3. The van der Waals surface area contributed by atoms with Gasteiger partial charge in [0.2, 0.25) is 5.91 Å². The van der Waals surface area contributed by atoms with Crippen LogP contribution in [0.25, 0.3) is 0 Å². The molecule has 0 radical (unpaired) electrons. The van der Waals surface area contributed by atoms with Gasteiger partial charge in [-0.2, -0.15) is 0 Å². The molecule has 30 heavy (non-hydrogen) atoms. The Morgan fingerprint density at radius 3 is 2.20 bits per heavy atom. The summed E-state index contributed by atoms with van der Waals surface area (Å²) < 4.78 is 1.57. The number of rotatable bonds is 3. The van der Waals surface area contributed by atoms with Gasteiger partial charge < -0.3 is 14.6 Å². The summed E-state index contributed by atoms with van der Waals surface area (Å²) in [6.45, 7) is 7.57. The molecule has 0 atom stereocenters. The van der Waals surface area contributed by atoms with Crippen LogP contribution in [0.3, 0.4) is 0 Å². The zero-order chi connectivity index (χ0) is 21.6. The molecule has 160 valence electrons. The van der Waals surface area contributed by atoms with E-state index in [9.17, 15) is 14.7 Å². The Labute approximate surface area is 178 Å². The van der Waals surface area contributed by atoms with Crippen molar-refractivity contribution in [2.45, 2.75) is 70.4 Å². The zero-order valence-electron chi connectivity index (χ0n) is 18.2. The summed E-state index contributed by atoms with van der Waals surface area (Å²) in [4.78, 5) is 27.3. The highest BCUT2D eigenvalue weighted by Gasteiger charge is 2.51. The Bertz CT molecular complexity index is 976. The fraction of sp³-hybridized carbons (Fsp3) is 0.520. The van der Waals surface area contributed by atoms with E-state index >= 15 is 0 Å². The minimum absolute atomic E-state index is 0.0866. The average Bonchev–Trinajstić information content (AvgIpc) is 3.02. The molecule has 2 heterocycles. The van der Waals surface area contributed by atoms with Gasteiger partial charge in [0, 0.05) is 24.5 Å². The fourth-order valence-corrected chi connectivity index (χ4v) is 4.93. The predicted molar refractivity (Wildman–Crippen MR) is 119 cm³/mol. The van der Waals surface area contributed by atoms with Gasteiger partial charge >= 0.3 is 0 Å². The molecule has 1 aromatic carbocycles. The van der Waals surface area contributed by atoms with E-state index in [2.05, 4.69) is 45.0 Å². The second-order valence-corrected chi connectivity index (χ2v) is 10.2. The third-order valence-electron chi connectivity index (χ3n) is 7.06. The molecule has 5 nitrogen and oxygen atoms in total. The van der Waals surface area contributed by atoms with E-state index in [0.29, 0.717) is 25.7 Å². The van der Waals surface area contributed by atoms with E-state index in [4.69, 9.17) is 0 Å². The summed E-state index contributed by atoms with van der Waals surface area (Å²) >= 11 is 0. The molecule has 2 aromatic rings. The number of aromatic nitrogens is 1. The van der Waals surface area contributed by atoms with Crippen molar-refractivity contribution in [1.29, 1.82) is 0 Å². The van der Waals surface area contributed by atoms with Gasteiger partial charge in [-0.05, 0) is 61.3 Å². The Morgan fingerprint density at radius 1 is 0.933 bits per heavy atom. The lowest BCUT2D eigenvalue weighted by Crippen LogP contribution is -2.46. The van der Waals surface area contributed by atoms with E-state index in [1.807, 2.05) is 4.90 Å². The van der Waals surface area contributed by atoms with E-state index in [0.717, 1.165) is 18.7 Å². The minimum atomic E-state index is -0.932. The van der Waals surface area contributed by atoms with Crippen molar-refractivity contribution in [3.05, 3.63) is 64.6 Å². The molecule has 1 saturated carbocycles. The van der Waals surface area contributed by atoms with Gasteiger partial charge in [-0.25, -0.2) is 0 Å². The molecule has 5 heteroatoms. The molecule has 0 unspecified atom stereocenters. The first-order valence-corrected chi connectivity index (χ1v) is 10.9. The number of hydrogen-bond donors (Lipinski definition) is 1. The maximum Gasteiger partial charge on any atom is 0.250 e. The van der Waals surface area contributed by atoms with Crippen molar-refractivity contribution >= 4 is 11.6 Å². The van der Waals surface area contributed by atoms with Gasteiger partial charge in [0.05, 0.1) is 17.6 Å². The summed E-state index contributed by atoms with van der Waals surface area (Å²) in [6, 6.07) is 13.4. The average molecular weight is 409 g/mol. The van der Waals surface area contributed by atoms with Crippen molar-refractivity contribution in [2.75, 3.05) is 11.4 Å². The number of pyridine rings is 1. The molecule has 1 aromatic heterocycles. The number of aliphatic hydroxyl groups is 1. The molecule has 2 aliphatic rings. The number of carbonyl (C=O) groups is 1. The van der Waals surface area contributed by atoms with Crippen LogP contribution >= 0.6 is 0 Å². The van der Waals surface area contributed by atoms with E-state index in [-0.39, 0.29) is 28.8 Å². The van der Waals surface area contributed by atoms with Gasteiger partial charge in [0.15, 0.2) is 0 Å². The fourth-order valence-electron chi connectivity index (χ4n) is 4.93. The second kappa shape index (κ2) is 7.38. The molecule has 4 rings (SSSR count). The predicted octanol–water partition coefficient (Wildman–Crippen LogP) is 3.87. The maximum atomic E-state index is 13.4. The van der Waals surface area contributed by atoms with Crippen molar-refractivity contribution in [1.82, 2.24) is 4.57 Å². The van der Waals surface area contributed by atoms with Crippen LogP contribution in [0.1, 0.15) is 58.4 Å². The molecular formula is C25H32N2O3. The quantitative estimate of drug-likeness (QED) is 0.838. The second-order valence-electron chi connectivity index (χ2n) is 10.2. The lowest BCUT2D eigenvalue weighted by Gasteiger charge is -2.41. The van der Waals surface area contributed by atoms with Gasteiger partial charge in [-0.3, -0.25) is 9.59 Å². The van der Waals surface area contributed by atoms with E-state index < -0.39 is 5.60 Å². The van der Waals surface area contributed by atoms with E-state index in [1.165, 1.54) is 11.6 Å². The molecule has 0 bridgehead atoms. The minimum Gasteiger partial charge on any atom is -0.388 e. The van der Waals surface area contributed by atoms with Gasteiger partial charge in [0.25, 0.3) is 5.56 Å². The molecule has 1 spiro atoms. The van der Waals surface area contributed by atoms with Crippen LogP contribution in [-0.4, -0.2) is 27.7 Å². The number of carbonyl (C=O) groups excluding carboxylic acids is 1. The highest BCUT2D eigenvalue weighted by molar-refractivity contribution is 6.00. The lowest BCUT2D eigenvalue weighted by molar-refractivity contribution is -0.131. The molecule has 1 N–H and O–H groups in total. The lowest BCUT2D eigenvalue weighted by atomic mass is 9.67. The molecule has 2 fully saturated rings. The zero-order valence-corrected chi connectivity index (χ0v) is 18.2. The Hall–Kier alpha value is -2.40. The topological polar surface area (TPSA) is 62.5 Å². The van der Waals surface area contributed by atoms with Crippen molar-refractivity contribution in [2.24, 2.45) is 5.41 Å². The van der Waals surface area contributed by atoms with Crippen molar-refractivity contribution in [3.8, 4) is 0 Å². The third kappa shape index (κ3) is 3.83. The third-order valence-corrected chi connectivity index (χ3v) is 7.06. The largest absolute Gasteiger partial charge is 0.388 e. The van der Waals surface area contributed by atoms with Gasteiger partial charge in [0.1, 0.15) is 0 Å². The smallest absolute Gasteiger partial charge is 0.250 e. The summed E-state index contributed by atoms with van der Waals surface area (Å²) in [6.07, 6.45) is 4.96. The molecule has 1 amide bonds. The molecule has 1 saturated heterocycles. The van der Waals surface area contributed by atoms with Crippen molar-refractivity contribution < 1.29 is 9.90 Å². The van der Waals surface area contributed by atoms with Crippen molar-refractivity contribution in [3.63, 3.8) is 0 Å². The standard InChI is InChI=1S/C25H32N2O3/c1-23(2,3)19-7-9-20(10-8-19)27-17-15-24(22(27)29)11-13-25(30,14-12-24)18-26-16-5-4-6-21(26)28/h4-10,16,30H,11-15,17-18H2,1-3H3/t24-,25+. The van der Waals surface area contributed by atoms with Gasteiger partial charge in [-0.15, -0.1) is 0 Å². The Kier molecular flexibility index (Phi) is 5.13. The highest BCUT2D eigenvalue weighted by Crippen LogP contribution is 2.49. The normalized spacial score (nSPS) is 27.1. The molecule has 1 aliphatic heterocycles. The van der Waals surface area contributed by atoms with Crippen LogP contribution in [-0.2, 0) is 16.8 Å². The van der Waals surface area contributed by atoms with Crippen LogP contribution in [0.2, 0.25) is 0 Å². The number of benzene rings is 1. The number of nitrogens with zero attached hydrogens (tertiary/aromatic N) is 2.